The van der Waals surface area contributed by atoms with Gasteiger partial charge >= 0.3 is 0 Å². The van der Waals surface area contributed by atoms with Crippen LogP contribution in [0.5, 0.6) is 0 Å². The van der Waals surface area contributed by atoms with Crippen molar-refractivity contribution in [2.45, 2.75) is 37.1 Å². The SMILES string of the molecule is CCC(C)c1ccc(S(=O)(=O)N2CCN(C(C(N)=O)c3ccc(Cl)cc3)CC2)cc1. The number of carbonyl (C=O) groups is 1. The molecule has 2 aromatic carbocycles. The highest BCUT2D eigenvalue weighted by molar-refractivity contribution is 7.89. The molecule has 0 saturated carbocycles. The Morgan fingerprint density at radius 1 is 1.00 bits per heavy atom. The molecule has 162 valence electrons. The van der Waals surface area contributed by atoms with Crippen LogP contribution in [0, 0.1) is 0 Å². The van der Waals surface area contributed by atoms with E-state index in [1.54, 1.807) is 36.4 Å². The summed E-state index contributed by atoms with van der Waals surface area (Å²) in [4.78, 5) is 14.3. The topological polar surface area (TPSA) is 83.7 Å². The lowest BCUT2D eigenvalue weighted by atomic mass is 9.99. The number of nitrogens with zero attached hydrogens (tertiary/aromatic N) is 2. The Morgan fingerprint density at radius 3 is 2.03 bits per heavy atom. The zero-order valence-corrected chi connectivity index (χ0v) is 18.9. The van der Waals surface area contributed by atoms with Crippen molar-refractivity contribution in [1.82, 2.24) is 9.21 Å². The van der Waals surface area contributed by atoms with Gasteiger partial charge in [0.1, 0.15) is 6.04 Å². The van der Waals surface area contributed by atoms with Gasteiger partial charge in [-0.1, -0.05) is 49.7 Å². The number of amides is 1. The summed E-state index contributed by atoms with van der Waals surface area (Å²) in [6, 6.07) is 13.5. The second-order valence-electron chi connectivity index (χ2n) is 7.67. The summed E-state index contributed by atoms with van der Waals surface area (Å²) in [6.45, 7) is 5.66. The van der Waals surface area contributed by atoms with E-state index in [4.69, 9.17) is 17.3 Å². The van der Waals surface area contributed by atoms with Crippen molar-refractivity contribution in [3.8, 4) is 0 Å². The number of hydrogen-bond acceptors (Lipinski definition) is 4. The molecule has 30 heavy (non-hydrogen) atoms. The highest BCUT2D eigenvalue weighted by atomic mass is 35.5. The van der Waals surface area contributed by atoms with Crippen LogP contribution in [0.2, 0.25) is 5.02 Å². The lowest BCUT2D eigenvalue weighted by molar-refractivity contribution is -0.124. The molecule has 6 nitrogen and oxygen atoms in total. The predicted octanol–water partition coefficient (Wildman–Crippen LogP) is 3.39. The molecule has 2 aromatic rings. The molecule has 0 spiro atoms. The minimum Gasteiger partial charge on any atom is -0.368 e. The molecule has 2 N–H and O–H groups in total. The van der Waals surface area contributed by atoms with E-state index in [-0.39, 0.29) is 0 Å². The lowest BCUT2D eigenvalue weighted by Crippen LogP contribution is -2.51. The first-order chi connectivity index (χ1) is 14.2. The summed E-state index contributed by atoms with van der Waals surface area (Å²) in [6.07, 6.45) is 1.00. The number of hydrogen-bond donors (Lipinski definition) is 1. The molecular formula is C22H28ClN3O3S. The van der Waals surface area contributed by atoms with Crippen molar-refractivity contribution < 1.29 is 13.2 Å². The van der Waals surface area contributed by atoms with Crippen molar-refractivity contribution >= 4 is 27.5 Å². The van der Waals surface area contributed by atoms with Crippen LogP contribution in [0.1, 0.15) is 43.4 Å². The number of rotatable bonds is 7. The second-order valence-corrected chi connectivity index (χ2v) is 10.0. The maximum Gasteiger partial charge on any atom is 0.243 e. The fourth-order valence-corrected chi connectivity index (χ4v) is 5.30. The lowest BCUT2D eigenvalue weighted by Gasteiger charge is -2.37. The number of piperazine rings is 1. The van der Waals surface area contributed by atoms with Crippen molar-refractivity contribution in [2.75, 3.05) is 26.2 Å². The summed E-state index contributed by atoms with van der Waals surface area (Å²) in [5, 5.41) is 0.581. The Labute approximate surface area is 183 Å². The highest BCUT2D eigenvalue weighted by Crippen LogP contribution is 2.26. The van der Waals surface area contributed by atoms with Crippen LogP contribution in [-0.4, -0.2) is 49.7 Å². The zero-order chi connectivity index (χ0) is 21.9. The van der Waals surface area contributed by atoms with Gasteiger partial charge in [-0.15, -0.1) is 0 Å². The number of sulfonamides is 1. The quantitative estimate of drug-likeness (QED) is 0.702. The van der Waals surface area contributed by atoms with Crippen LogP contribution in [0.25, 0.3) is 0 Å². The van der Waals surface area contributed by atoms with Crippen LogP contribution in [0.4, 0.5) is 0 Å². The van der Waals surface area contributed by atoms with Crippen molar-refractivity contribution in [1.29, 1.82) is 0 Å². The first-order valence-electron chi connectivity index (χ1n) is 10.1. The zero-order valence-electron chi connectivity index (χ0n) is 17.3. The standard InChI is InChI=1S/C22H28ClN3O3S/c1-3-16(2)17-6-10-20(11-7-17)30(28,29)26-14-12-25(13-15-26)21(22(24)27)18-4-8-19(23)9-5-18/h4-11,16,21H,3,12-15H2,1-2H3,(H2,24,27). The van der Waals surface area contributed by atoms with E-state index in [0.29, 0.717) is 42.0 Å². The van der Waals surface area contributed by atoms with E-state index in [1.807, 2.05) is 17.0 Å². The Morgan fingerprint density at radius 2 is 1.53 bits per heavy atom. The second kappa shape index (κ2) is 9.47. The Balaban J connectivity index is 1.71. The first kappa shape index (κ1) is 22.7. The monoisotopic (exact) mass is 449 g/mol. The Bertz CT molecular complexity index is 970. The van der Waals surface area contributed by atoms with E-state index in [0.717, 1.165) is 17.5 Å². The third-order valence-corrected chi connectivity index (χ3v) is 7.96. The third-order valence-electron chi connectivity index (χ3n) is 5.79. The third kappa shape index (κ3) is 4.86. The molecule has 8 heteroatoms. The normalized spacial score (nSPS) is 18.1. The largest absolute Gasteiger partial charge is 0.368 e. The molecule has 1 aliphatic heterocycles. The number of carbonyl (C=O) groups excluding carboxylic acids is 1. The Kier molecular flexibility index (Phi) is 7.18. The van der Waals surface area contributed by atoms with E-state index in [2.05, 4.69) is 13.8 Å². The van der Waals surface area contributed by atoms with Gasteiger partial charge in [0.15, 0.2) is 0 Å². The molecule has 0 aliphatic carbocycles. The molecule has 2 unspecified atom stereocenters. The summed E-state index contributed by atoms with van der Waals surface area (Å²) < 4.78 is 27.6. The van der Waals surface area contributed by atoms with Crippen molar-refractivity contribution in [3.63, 3.8) is 0 Å². The van der Waals surface area contributed by atoms with Crippen molar-refractivity contribution in [3.05, 3.63) is 64.7 Å². The minimum absolute atomic E-state index is 0.298. The summed E-state index contributed by atoms with van der Waals surface area (Å²) in [5.41, 5.74) is 7.54. The maximum atomic E-state index is 13.1. The van der Waals surface area contributed by atoms with Gasteiger partial charge < -0.3 is 5.73 Å². The van der Waals surface area contributed by atoms with Gasteiger partial charge in [0.2, 0.25) is 15.9 Å². The molecule has 1 aliphatic rings. The number of halogens is 1. The molecule has 1 heterocycles. The van der Waals surface area contributed by atoms with Crippen molar-refractivity contribution in [2.24, 2.45) is 5.73 Å². The number of benzene rings is 2. The fraction of sp³-hybridized carbons (Fsp3) is 0.409. The number of primary amides is 1. The molecule has 0 aromatic heterocycles. The van der Waals surface area contributed by atoms with E-state index >= 15 is 0 Å². The molecule has 1 saturated heterocycles. The predicted molar refractivity (Wildman–Crippen MR) is 119 cm³/mol. The van der Waals surface area contributed by atoms with Crippen LogP contribution in [0.15, 0.2) is 53.4 Å². The smallest absolute Gasteiger partial charge is 0.243 e. The van der Waals surface area contributed by atoms with Crippen LogP contribution in [0.3, 0.4) is 0 Å². The molecular weight excluding hydrogens is 422 g/mol. The van der Waals surface area contributed by atoms with Gasteiger partial charge in [-0.25, -0.2) is 8.42 Å². The highest BCUT2D eigenvalue weighted by Gasteiger charge is 2.33. The summed E-state index contributed by atoms with van der Waals surface area (Å²) in [7, 11) is -3.58. The summed E-state index contributed by atoms with van der Waals surface area (Å²) in [5.74, 6) is -0.0711. The van der Waals surface area contributed by atoms with Gasteiger partial charge in [-0.2, -0.15) is 4.31 Å². The van der Waals surface area contributed by atoms with Gasteiger partial charge in [-0.05, 0) is 47.7 Å². The molecule has 1 fully saturated rings. The van der Waals surface area contributed by atoms with Crippen LogP contribution in [-0.2, 0) is 14.8 Å². The number of nitrogens with two attached hydrogens (primary N) is 1. The average Bonchev–Trinajstić information content (AvgIpc) is 2.75. The minimum atomic E-state index is -3.58. The van der Waals surface area contributed by atoms with Gasteiger partial charge in [0.05, 0.1) is 4.90 Å². The Hall–Kier alpha value is -1.93. The van der Waals surface area contributed by atoms with E-state index < -0.39 is 22.0 Å². The molecule has 2 atom stereocenters. The van der Waals surface area contributed by atoms with Gasteiger partial charge in [0, 0.05) is 31.2 Å². The van der Waals surface area contributed by atoms with E-state index in [1.165, 1.54) is 4.31 Å². The van der Waals surface area contributed by atoms with Gasteiger partial charge in [0.25, 0.3) is 0 Å². The molecule has 0 radical (unpaired) electrons. The molecule has 0 bridgehead atoms. The fourth-order valence-electron chi connectivity index (χ4n) is 3.76. The van der Waals surface area contributed by atoms with Crippen LogP contribution >= 0.6 is 11.6 Å². The molecule has 3 rings (SSSR count). The first-order valence-corrected chi connectivity index (χ1v) is 11.9. The molecule has 1 amide bonds. The van der Waals surface area contributed by atoms with Gasteiger partial charge in [-0.3, -0.25) is 9.69 Å². The average molecular weight is 450 g/mol. The van der Waals surface area contributed by atoms with Crippen LogP contribution < -0.4 is 5.73 Å². The van der Waals surface area contributed by atoms with E-state index in [9.17, 15) is 13.2 Å². The summed E-state index contributed by atoms with van der Waals surface area (Å²) >= 11 is 5.94. The maximum absolute atomic E-state index is 13.1.